The fourth-order valence-electron chi connectivity index (χ4n) is 1.78. The fraction of sp³-hybridized carbons (Fsp3) is 0.625. The predicted octanol–water partition coefficient (Wildman–Crippen LogP) is 4.53. The number of phenolic OH excluding ortho intramolecular Hbond substituents is 1. The molecule has 0 aliphatic heterocycles. The fourth-order valence-corrected chi connectivity index (χ4v) is 1.78. The number of rotatable bonds is 10. The first-order valence-electron chi connectivity index (χ1n) is 7.36. The van der Waals surface area contributed by atoms with Crippen LogP contribution in [0.1, 0.15) is 52.4 Å². The first kappa shape index (κ1) is 15.7. The lowest BCUT2D eigenvalue weighted by molar-refractivity contribution is 0.280. The topological polar surface area (TPSA) is 38.7 Å². The van der Waals surface area contributed by atoms with E-state index in [0.29, 0.717) is 19.0 Å². The molecule has 0 fully saturated rings. The van der Waals surface area contributed by atoms with Crippen molar-refractivity contribution < 1.29 is 14.6 Å². The minimum atomic E-state index is 0.178. The molecule has 0 aromatic heterocycles. The molecular formula is C16H26O3. The van der Waals surface area contributed by atoms with Gasteiger partial charge in [-0.3, -0.25) is 0 Å². The Morgan fingerprint density at radius 2 is 1.53 bits per heavy atom. The van der Waals surface area contributed by atoms with Gasteiger partial charge in [-0.25, -0.2) is 0 Å². The average Bonchev–Trinajstić information content (AvgIpc) is 2.42. The first-order chi connectivity index (χ1) is 9.27. The van der Waals surface area contributed by atoms with Crippen LogP contribution < -0.4 is 9.47 Å². The van der Waals surface area contributed by atoms with E-state index in [1.807, 2.05) is 0 Å². The van der Waals surface area contributed by atoms with Crippen molar-refractivity contribution >= 4 is 0 Å². The maximum absolute atomic E-state index is 9.72. The molecule has 1 N–H and O–H groups in total. The highest BCUT2D eigenvalue weighted by Crippen LogP contribution is 2.30. The number of aromatic hydroxyl groups is 1. The van der Waals surface area contributed by atoms with Crippen LogP contribution >= 0.6 is 0 Å². The quantitative estimate of drug-likeness (QED) is 0.632. The SMILES string of the molecule is CCCCCOc1ccc(O)c(OCCCCC)c1. The number of ether oxygens (including phenoxy) is 2. The third kappa shape index (κ3) is 6.37. The largest absolute Gasteiger partial charge is 0.504 e. The molecular weight excluding hydrogens is 240 g/mol. The second-order valence-electron chi connectivity index (χ2n) is 4.74. The van der Waals surface area contributed by atoms with Crippen LogP contribution in [0.15, 0.2) is 18.2 Å². The van der Waals surface area contributed by atoms with Crippen molar-refractivity contribution in [3.05, 3.63) is 18.2 Å². The molecule has 1 aromatic carbocycles. The maximum Gasteiger partial charge on any atom is 0.164 e. The number of unbranched alkanes of at least 4 members (excludes halogenated alkanes) is 4. The maximum atomic E-state index is 9.72. The molecule has 1 aromatic rings. The van der Waals surface area contributed by atoms with Crippen LogP contribution in [0.5, 0.6) is 17.2 Å². The van der Waals surface area contributed by atoms with Crippen molar-refractivity contribution in [2.45, 2.75) is 52.4 Å². The molecule has 3 nitrogen and oxygen atoms in total. The van der Waals surface area contributed by atoms with Crippen LogP contribution in [-0.4, -0.2) is 18.3 Å². The summed E-state index contributed by atoms with van der Waals surface area (Å²) in [5, 5.41) is 9.72. The number of benzene rings is 1. The molecule has 0 aliphatic rings. The second-order valence-corrected chi connectivity index (χ2v) is 4.74. The van der Waals surface area contributed by atoms with Gasteiger partial charge in [0.2, 0.25) is 0 Å². The van der Waals surface area contributed by atoms with Crippen LogP contribution in [0.2, 0.25) is 0 Å². The summed E-state index contributed by atoms with van der Waals surface area (Å²) in [4.78, 5) is 0. The zero-order valence-electron chi connectivity index (χ0n) is 12.2. The minimum absolute atomic E-state index is 0.178. The average molecular weight is 266 g/mol. The molecule has 0 radical (unpaired) electrons. The van der Waals surface area contributed by atoms with Gasteiger partial charge in [0, 0.05) is 6.07 Å². The van der Waals surface area contributed by atoms with E-state index < -0.39 is 0 Å². The van der Waals surface area contributed by atoms with Gasteiger partial charge in [-0.2, -0.15) is 0 Å². The lowest BCUT2D eigenvalue weighted by Gasteiger charge is -2.11. The molecule has 0 unspecified atom stereocenters. The summed E-state index contributed by atoms with van der Waals surface area (Å²) >= 11 is 0. The van der Waals surface area contributed by atoms with E-state index in [2.05, 4.69) is 13.8 Å². The molecule has 3 heteroatoms. The lowest BCUT2D eigenvalue weighted by atomic mass is 10.2. The smallest absolute Gasteiger partial charge is 0.164 e. The Morgan fingerprint density at radius 3 is 2.16 bits per heavy atom. The Labute approximate surface area is 116 Å². The third-order valence-electron chi connectivity index (χ3n) is 2.95. The highest BCUT2D eigenvalue weighted by Gasteiger charge is 2.04. The Kier molecular flexibility index (Phi) is 7.87. The van der Waals surface area contributed by atoms with Gasteiger partial charge in [-0.15, -0.1) is 0 Å². The molecule has 0 amide bonds. The summed E-state index contributed by atoms with van der Waals surface area (Å²) in [6.45, 7) is 5.68. The van der Waals surface area contributed by atoms with Crippen LogP contribution in [0, 0.1) is 0 Å². The molecule has 108 valence electrons. The van der Waals surface area contributed by atoms with Crippen LogP contribution in [0.4, 0.5) is 0 Å². The monoisotopic (exact) mass is 266 g/mol. The highest BCUT2D eigenvalue weighted by molar-refractivity contribution is 5.44. The standard InChI is InChI=1S/C16H26O3/c1-3-5-7-11-18-14-9-10-15(17)16(13-14)19-12-8-6-4-2/h9-10,13,17H,3-8,11-12H2,1-2H3. The van der Waals surface area contributed by atoms with Crippen LogP contribution in [-0.2, 0) is 0 Å². The summed E-state index contributed by atoms with van der Waals surface area (Å²) in [5.41, 5.74) is 0. The van der Waals surface area contributed by atoms with Gasteiger partial charge in [0.1, 0.15) is 5.75 Å². The summed E-state index contributed by atoms with van der Waals surface area (Å²) in [6, 6.07) is 5.18. The van der Waals surface area contributed by atoms with E-state index in [0.717, 1.165) is 31.4 Å². The molecule has 0 bridgehead atoms. The van der Waals surface area contributed by atoms with E-state index in [9.17, 15) is 5.11 Å². The van der Waals surface area contributed by atoms with Gasteiger partial charge >= 0.3 is 0 Å². The third-order valence-corrected chi connectivity index (χ3v) is 2.95. The van der Waals surface area contributed by atoms with Gasteiger partial charge in [0.25, 0.3) is 0 Å². The number of phenols is 1. The molecule has 0 heterocycles. The zero-order chi connectivity index (χ0) is 13.9. The van der Waals surface area contributed by atoms with Crippen molar-refractivity contribution in [1.29, 1.82) is 0 Å². The highest BCUT2D eigenvalue weighted by atomic mass is 16.5. The molecule has 19 heavy (non-hydrogen) atoms. The Balaban J connectivity index is 2.42. The number of hydrogen-bond donors (Lipinski definition) is 1. The predicted molar refractivity (Wildman–Crippen MR) is 78.1 cm³/mol. The number of hydrogen-bond acceptors (Lipinski definition) is 3. The molecule has 0 atom stereocenters. The van der Waals surface area contributed by atoms with E-state index in [1.54, 1.807) is 18.2 Å². The van der Waals surface area contributed by atoms with Gasteiger partial charge in [-0.1, -0.05) is 39.5 Å². The summed E-state index contributed by atoms with van der Waals surface area (Å²) in [7, 11) is 0. The van der Waals surface area contributed by atoms with Gasteiger partial charge in [0.05, 0.1) is 13.2 Å². The van der Waals surface area contributed by atoms with Crippen molar-refractivity contribution in [1.82, 2.24) is 0 Å². The van der Waals surface area contributed by atoms with Crippen LogP contribution in [0.25, 0.3) is 0 Å². The van der Waals surface area contributed by atoms with E-state index >= 15 is 0 Å². The minimum Gasteiger partial charge on any atom is -0.504 e. The summed E-state index contributed by atoms with van der Waals surface area (Å²) < 4.78 is 11.2. The Bertz CT molecular complexity index is 350. The van der Waals surface area contributed by atoms with Crippen molar-refractivity contribution in [2.75, 3.05) is 13.2 Å². The van der Waals surface area contributed by atoms with Gasteiger partial charge in [0.15, 0.2) is 11.5 Å². The summed E-state index contributed by atoms with van der Waals surface area (Å²) in [6.07, 6.45) is 6.74. The van der Waals surface area contributed by atoms with E-state index in [-0.39, 0.29) is 5.75 Å². The molecule has 0 saturated carbocycles. The molecule has 0 aliphatic carbocycles. The normalized spacial score (nSPS) is 10.4. The molecule has 0 spiro atoms. The Hall–Kier alpha value is -1.38. The van der Waals surface area contributed by atoms with Crippen molar-refractivity contribution in [3.8, 4) is 17.2 Å². The lowest BCUT2D eigenvalue weighted by Crippen LogP contribution is -2.00. The molecule has 1 rings (SSSR count). The van der Waals surface area contributed by atoms with Crippen molar-refractivity contribution in [3.63, 3.8) is 0 Å². The Morgan fingerprint density at radius 1 is 0.895 bits per heavy atom. The van der Waals surface area contributed by atoms with Gasteiger partial charge in [-0.05, 0) is 25.0 Å². The second kappa shape index (κ2) is 9.54. The van der Waals surface area contributed by atoms with E-state index in [1.165, 1.54) is 12.8 Å². The summed E-state index contributed by atoms with van der Waals surface area (Å²) in [5.74, 6) is 1.46. The van der Waals surface area contributed by atoms with E-state index in [4.69, 9.17) is 9.47 Å². The first-order valence-corrected chi connectivity index (χ1v) is 7.36. The van der Waals surface area contributed by atoms with Crippen molar-refractivity contribution in [2.24, 2.45) is 0 Å². The van der Waals surface area contributed by atoms with Crippen LogP contribution in [0.3, 0.4) is 0 Å². The van der Waals surface area contributed by atoms with Gasteiger partial charge < -0.3 is 14.6 Å². The molecule has 0 saturated heterocycles. The zero-order valence-corrected chi connectivity index (χ0v) is 12.2.